The van der Waals surface area contributed by atoms with Crippen molar-refractivity contribution in [2.24, 2.45) is 23.7 Å². The number of hydrogen-bond acceptors (Lipinski definition) is 20. The number of amides is 8. The highest BCUT2D eigenvalue weighted by molar-refractivity contribution is 5.95. The first kappa shape index (κ1) is 122. The Morgan fingerprint density at radius 3 is 0.597 bits per heavy atom. The molecule has 0 bridgehead atoms. The van der Waals surface area contributed by atoms with E-state index in [9.17, 15) is 57.5 Å². The van der Waals surface area contributed by atoms with Gasteiger partial charge in [0.15, 0.2) is 0 Å². The summed E-state index contributed by atoms with van der Waals surface area (Å²) in [6, 6.07) is 30.2. The lowest BCUT2D eigenvalue weighted by molar-refractivity contribution is -0.156. The lowest BCUT2D eigenvalue weighted by Gasteiger charge is -2.39. The molecule has 8 amide bonds. The van der Waals surface area contributed by atoms with Crippen molar-refractivity contribution in [3.63, 3.8) is 0 Å². The zero-order valence-corrected chi connectivity index (χ0v) is 90.4. The van der Waals surface area contributed by atoms with Gasteiger partial charge in [-0.1, -0.05) is 250 Å². The molecule has 0 N–H and O–H groups in total. The van der Waals surface area contributed by atoms with Gasteiger partial charge < -0.3 is 57.5 Å². The van der Waals surface area contributed by atoms with E-state index in [0.717, 1.165) is 47.9 Å². The van der Waals surface area contributed by atoms with E-state index in [2.05, 4.69) is 26.3 Å². The summed E-state index contributed by atoms with van der Waals surface area (Å²) in [7, 11) is 5.34. The Hall–Kier alpha value is -12.4. The standard InChI is InChI=1S/4C29H42N2O5/c4*1-8-11-17-23(10-3)31(24(27(33)35-7)20-21-15-13-12-14-16-21)26(32)25-22(9-2)18-19-30(25)28(34)36-29(4,5)6/h4*9,11-17,22-25H,2,8,10,18-20H2,1,3-7H3/b4*17-11+/t22-,23+,24?,25-;22-,23+,24-,25-;22-,23-,24+,25-;22-,23-,24-,25-/m1111/s1. The topological polar surface area (TPSA) is 305 Å². The van der Waals surface area contributed by atoms with Crippen LogP contribution in [0, 0.1) is 23.7 Å². The second-order valence-corrected chi connectivity index (χ2v) is 40.4. The maximum Gasteiger partial charge on any atom is 0.410 e. The first-order chi connectivity index (χ1) is 68.3. The molecule has 4 aromatic rings. The molecule has 0 aromatic heterocycles. The molecule has 0 aliphatic carbocycles. The average molecular weight is 1990 g/mol. The van der Waals surface area contributed by atoms with Crippen molar-refractivity contribution in [2.45, 2.75) is 336 Å². The fourth-order valence-corrected chi connectivity index (χ4v) is 18.4. The zero-order valence-electron chi connectivity index (χ0n) is 90.4. The largest absolute Gasteiger partial charge is 0.467 e. The molecule has 0 saturated carbocycles. The number of allylic oxidation sites excluding steroid dienone is 4. The van der Waals surface area contributed by atoms with Gasteiger partial charge in [-0.05, 0) is 182 Å². The summed E-state index contributed by atoms with van der Waals surface area (Å²) in [4.78, 5) is 175. The molecular weight excluding hydrogens is 1830 g/mol. The number of methoxy groups -OCH3 is 4. The molecule has 792 valence electrons. The SMILES string of the molecule is C=C[C@@H]1CCN(C(=O)OC(C)(C)C)[C@H]1C(=O)N(C(Cc1ccccc1)C(=O)OC)[C@H](/C=C/CC)CC.C=C[C@@H]1CCN(C(=O)OC(C)(C)C)[C@H]1C(=O)N([C@@H](/C=C/CC)CC)[C@@H](Cc1ccccc1)C(=O)OC.C=C[C@@H]1CCN(C(=O)OC(C)(C)C)[C@H]1C(=O)N([C@H](/C=C/CC)CC)[C@H](Cc1ccccc1)C(=O)OC.C=C[C@@H]1CCN(C(=O)OC(C)(C)C)[C@H]1C(=O)N([C@H](Cc1ccccc1)C(=O)OC)[C@@H](/C=C/CC)CC. The lowest BCUT2D eigenvalue weighted by Crippen LogP contribution is -2.58. The number of ether oxygens (including phenoxy) is 8. The van der Waals surface area contributed by atoms with Gasteiger partial charge >= 0.3 is 48.3 Å². The van der Waals surface area contributed by atoms with E-state index in [1.807, 2.05) is 225 Å². The van der Waals surface area contributed by atoms with Crippen molar-refractivity contribution in [3.05, 3.63) is 243 Å². The van der Waals surface area contributed by atoms with Crippen LogP contribution in [0.25, 0.3) is 0 Å². The fourth-order valence-electron chi connectivity index (χ4n) is 18.4. The summed E-state index contributed by atoms with van der Waals surface area (Å²) in [6.45, 7) is 54.8. The molecule has 28 heteroatoms. The van der Waals surface area contributed by atoms with Crippen molar-refractivity contribution in [2.75, 3.05) is 54.6 Å². The summed E-state index contributed by atoms with van der Waals surface area (Å²) in [6.07, 6.45) is 29.7. The minimum absolute atomic E-state index is 0.254. The Balaban J connectivity index is 0.000000338. The van der Waals surface area contributed by atoms with E-state index in [0.29, 0.717) is 103 Å². The molecule has 4 heterocycles. The number of carbonyl (C=O) groups excluding carboxylic acids is 12. The number of likely N-dealkylation sites (tertiary alicyclic amines) is 4. The van der Waals surface area contributed by atoms with Crippen LogP contribution >= 0.6 is 0 Å². The molecule has 4 fully saturated rings. The molecule has 4 aliphatic rings. The van der Waals surface area contributed by atoms with Gasteiger partial charge in [-0.15, -0.1) is 26.3 Å². The van der Waals surface area contributed by atoms with Gasteiger partial charge in [-0.25, -0.2) is 38.4 Å². The van der Waals surface area contributed by atoms with Gasteiger partial charge in [0.1, 0.15) is 70.7 Å². The summed E-state index contributed by atoms with van der Waals surface area (Å²) < 4.78 is 43.3. The average Bonchev–Trinajstić information content (AvgIpc) is 1.60. The first-order valence-electron chi connectivity index (χ1n) is 51.2. The van der Waals surface area contributed by atoms with E-state index in [1.54, 1.807) is 127 Å². The molecule has 8 rings (SSSR count). The van der Waals surface area contributed by atoms with Crippen molar-refractivity contribution in [3.8, 4) is 0 Å². The minimum atomic E-state index is -0.858. The highest BCUT2D eigenvalue weighted by Crippen LogP contribution is 2.38. The van der Waals surface area contributed by atoms with Crippen LogP contribution in [0.5, 0.6) is 0 Å². The summed E-state index contributed by atoms with van der Waals surface area (Å²) in [5.74, 6) is -4.20. The van der Waals surface area contributed by atoms with Crippen molar-refractivity contribution in [1.82, 2.24) is 39.2 Å². The van der Waals surface area contributed by atoms with Crippen LogP contribution in [0.2, 0.25) is 0 Å². The van der Waals surface area contributed by atoms with Gasteiger partial charge in [0.2, 0.25) is 23.6 Å². The second kappa shape index (κ2) is 59.8. The van der Waals surface area contributed by atoms with E-state index in [1.165, 1.54) is 48.0 Å². The van der Waals surface area contributed by atoms with Gasteiger partial charge in [-0.3, -0.25) is 38.8 Å². The number of rotatable bonds is 40. The first-order valence-corrected chi connectivity index (χ1v) is 51.2. The number of esters is 4. The Kier molecular flexibility index (Phi) is 50.7. The van der Waals surface area contributed by atoms with Gasteiger partial charge in [0, 0.05) is 75.5 Å². The predicted molar refractivity (Wildman–Crippen MR) is 565 cm³/mol. The van der Waals surface area contributed by atoms with Crippen LogP contribution in [0.1, 0.15) is 238 Å². The lowest BCUT2D eigenvalue weighted by atomic mass is 9.95. The summed E-state index contributed by atoms with van der Waals surface area (Å²) in [5, 5.41) is 0. The fraction of sp³-hybridized carbons (Fsp3) is 0.552. The van der Waals surface area contributed by atoms with Gasteiger partial charge in [-0.2, -0.15) is 0 Å². The van der Waals surface area contributed by atoms with Crippen molar-refractivity contribution in [1.29, 1.82) is 0 Å². The van der Waals surface area contributed by atoms with E-state index in [-0.39, 0.29) is 71.5 Å². The third kappa shape index (κ3) is 36.1. The molecule has 0 spiro atoms. The maximum atomic E-state index is 14.4. The summed E-state index contributed by atoms with van der Waals surface area (Å²) >= 11 is 0. The number of nitrogens with zero attached hydrogens (tertiary/aromatic N) is 8. The minimum Gasteiger partial charge on any atom is -0.467 e. The molecule has 4 aromatic carbocycles. The highest BCUT2D eigenvalue weighted by Gasteiger charge is 2.53. The Morgan fingerprint density at radius 1 is 0.299 bits per heavy atom. The normalized spacial score (nSPS) is 19.6. The van der Waals surface area contributed by atoms with Crippen molar-refractivity contribution >= 4 is 71.9 Å². The molecule has 4 aliphatic heterocycles. The molecular formula is C116H168N8O20. The van der Waals surface area contributed by atoms with Gasteiger partial charge in [0.05, 0.1) is 52.6 Å². The molecule has 144 heavy (non-hydrogen) atoms. The van der Waals surface area contributed by atoms with Crippen LogP contribution in [0.4, 0.5) is 19.2 Å². The van der Waals surface area contributed by atoms with E-state index in [4.69, 9.17) is 37.9 Å². The zero-order chi connectivity index (χ0) is 108. The number of carbonyl (C=O) groups is 12. The molecule has 4 saturated heterocycles. The Bertz CT molecular complexity index is 4290. The van der Waals surface area contributed by atoms with Crippen LogP contribution in [0.3, 0.4) is 0 Å². The monoisotopic (exact) mass is 1990 g/mol. The third-order valence-electron chi connectivity index (χ3n) is 25.3. The second-order valence-electron chi connectivity index (χ2n) is 40.4. The van der Waals surface area contributed by atoms with Crippen molar-refractivity contribution < 1.29 is 95.4 Å². The number of benzene rings is 4. The van der Waals surface area contributed by atoms with Crippen LogP contribution < -0.4 is 0 Å². The third-order valence-corrected chi connectivity index (χ3v) is 25.3. The van der Waals surface area contributed by atoms with Crippen LogP contribution in [-0.4, -0.2) is 261 Å². The van der Waals surface area contributed by atoms with E-state index < -0.39 is 119 Å². The molecule has 1 unspecified atom stereocenters. The van der Waals surface area contributed by atoms with E-state index >= 15 is 0 Å². The number of hydrogen-bond donors (Lipinski definition) is 0. The molecule has 0 radical (unpaired) electrons. The predicted octanol–water partition coefficient (Wildman–Crippen LogP) is 20.6. The Labute approximate surface area is 859 Å². The molecule has 16 atom stereocenters. The van der Waals surface area contributed by atoms with Gasteiger partial charge in [0.25, 0.3) is 0 Å². The quantitative estimate of drug-likeness (QED) is 0.0227. The smallest absolute Gasteiger partial charge is 0.410 e. The summed E-state index contributed by atoms with van der Waals surface area (Å²) in [5.41, 5.74) is 0.850. The van der Waals surface area contributed by atoms with Crippen LogP contribution in [0.15, 0.2) is 221 Å². The maximum absolute atomic E-state index is 14.4. The molecule has 28 nitrogen and oxygen atoms in total. The highest BCUT2D eigenvalue weighted by atomic mass is 16.6. The Morgan fingerprint density at radius 2 is 0.465 bits per heavy atom. The van der Waals surface area contributed by atoms with Crippen LogP contribution in [-0.2, 0) is 102 Å².